The average Bonchev–Trinajstić information content (AvgIpc) is 4.04. The van der Waals surface area contributed by atoms with Crippen molar-refractivity contribution in [2.24, 2.45) is 0 Å². The number of benzene rings is 4. The monoisotopic (exact) mass is 882 g/mol. The Kier molecular flexibility index (Phi) is 11.2. The molecule has 0 aliphatic heterocycles. The van der Waals surface area contributed by atoms with Crippen LogP contribution >= 0.6 is 0 Å². The standard InChI is InChI=1S/C22H19F3N2O5.C22H21F3N2O4/c1-12-6-15(13-8-26-27(9-13)20(10-28,11-29)19(30)31)18-14-4-2-3-5-16(14)21(32,17(18)7-12)22(23,24)25;1-13-6-16(14-8-26-27(9-14)20(10-28,11-29)12-30)19-15-4-2-3-5-17(15)21(31,18(19)7-13)22(23,24)25/h2-9,28-29,32H,10-11H2,1H3,(H,30,31);2-9,28-31H,10-12H2,1H3. The van der Waals surface area contributed by atoms with Crippen LogP contribution < -0.4 is 0 Å². The number of nitrogens with zero attached hydrogens (tertiary/aromatic N) is 4. The quantitative estimate of drug-likeness (QED) is 0.0883. The van der Waals surface area contributed by atoms with Crippen LogP contribution in [-0.4, -0.2) is 112 Å². The highest BCUT2D eigenvalue weighted by molar-refractivity contribution is 5.94. The summed E-state index contributed by atoms with van der Waals surface area (Å²) < 4.78 is 86.8. The van der Waals surface area contributed by atoms with Crippen molar-refractivity contribution >= 4 is 5.97 Å². The van der Waals surface area contributed by atoms with E-state index in [2.05, 4.69) is 10.2 Å². The van der Waals surface area contributed by atoms with Crippen molar-refractivity contribution in [3.63, 3.8) is 0 Å². The van der Waals surface area contributed by atoms with Crippen LogP contribution in [0.2, 0.25) is 0 Å². The van der Waals surface area contributed by atoms with Gasteiger partial charge in [-0.2, -0.15) is 36.5 Å². The zero-order chi connectivity index (χ0) is 46.1. The van der Waals surface area contributed by atoms with Crippen LogP contribution in [0.15, 0.2) is 97.6 Å². The lowest BCUT2D eigenvalue weighted by Crippen LogP contribution is -2.48. The SMILES string of the molecule is Cc1cc(-c2cnn(C(CO)(CO)C(=O)O)c2)c2c(c1)C(O)(C(F)(F)F)c1ccccc1-2.Cc1cc(-c2cnn(C(CO)(CO)CO)c2)c2c(c1)C(O)(C(F)(F)F)c1ccccc1-2. The first-order valence-corrected chi connectivity index (χ1v) is 19.1. The lowest BCUT2D eigenvalue weighted by molar-refractivity contribution is -0.247. The van der Waals surface area contributed by atoms with Crippen molar-refractivity contribution < 1.29 is 72.0 Å². The Balaban J connectivity index is 0.000000189. The number of aryl methyl sites for hydroxylation is 2. The molecule has 4 aromatic carbocycles. The van der Waals surface area contributed by atoms with Gasteiger partial charge in [0.15, 0.2) is 0 Å². The maximum absolute atomic E-state index is 14.1. The third kappa shape index (κ3) is 6.64. The van der Waals surface area contributed by atoms with Gasteiger partial charge in [-0.15, -0.1) is 0 Å². The first-order valence-electron chi connectivity index (χ1n) is 19.1. The third-order valence-electron chi connectivity index (χ3n) is 11.9. The number of aromatic nitrogens is 4. The highest BCUT2D eigenvalue weighted by atomic mass is 19.4. The van der Waals surface area contributed by atoms with Crippen LogP contribution in [0.4, 0.5) is 26.3 Å². The van der Waals surface area contributed by atoms with E-state index >= 15 is 0 Å². The molecule has 332 valence electrons. The van der Waals surface area contributed by atoms with Crippen molar-refractivity contribution in [3.8, 4) is 44.5 Å². The van der Waals surface area contributed by atoms with E-state index in [1.54, 1.807) is 38.1 Å². The van der Waals surface area contributed by atoms with Crippen molar-refractivity contribution in [1.29, 1.82) is 0 Å². The van der Waals surface area contributed by atoms with Gasteiger partial charge in [-0.3, -0.25) is 4.68 Å². The van der Waals surface area contributed by atoms with Gasteiger partial charge in [-0.1, -0.05) is 83.9 Å². The largest absolute Gasteiger partial charge is 0.479 e. The summed E-state index contributed by atoms with van der Waals surface area (Å²) in [7, 11) is 0. The molecule has 6 aromatic rings. The normalized spacial score (nSPS) is 18.0. The number of carboxylic acid groups (broad SMARTS) is 1. The van der Waals surface area contributed by atoms with Crippen molar-refractivity contribution in [1.82, 2.24) is 19.6 Å². The molecule has 2 atom stereocenters. The minimum Gasteiger partial charge on any atom is -0.479 e. The van der Waals surface area contributed by atoms with Crippen LogP contribution in [0.1, 0.15) is 33.4 Å². The van der Waals surface area contributed by atoms with Crippen molar-refractivity contribution in [2.75, 3.05) is 33.0 Å². The molecule has 2 heterocycles. The van der Waals surface area contributed by atoms with Gasteiger partial charge in [0.1, 0.15) is 5.54 Å². The van der Waals surface area contributed by atoms with Crippen molar-refractivity contribution in [3.05, 3.63) is 131 Å². The minimum atomic E-state index is -4.99. The predicted molar refractivity (Wildman–Crippen MR) is 213 cm³/mol. The smallest absolute Gasteiger partial charge is 0.425 e. The number of rotatable bonds is 10. The Morgan fingerprint density at radius 2 is 0.952 bits per heavy atom. The second-order valence-corrected chi connectivity index (χ2v) is 15.7. The number of fused-ring (bicyclic) bond motifs is 6. The summed E-state index contributed by atoms with van der Waals surface area (Å²) in [6.07, 6.45) is -4.61. The van der Waals surface area contributed by atoms with E-state index in [4.69, 9.17) is 0 Å². The molecule has 0 saturated carbocycles. The molecule has 8 rings (SSSR count). The summed E-state index contributed by atoms with van der Waals surface area (Å²) in [5.74, 6) is -1.52. The van der Waals surface area contributed by atoms with Gasteiger partial charge in [0.25, 0.3) is 0 Å². The van der Waals surface area contributed by atoms with E-state index in [0.717, 1.165) is 4.68 Å². The molecule has 0 fully saturated rings. The Morgan fingerprint density at radius 1 is 0.571 bits per heavy atom. The molecule has 0 bridgehead atoms. The summed E-state index contributed by atoms with van der Waals surface area (Å²) in [6, 6.07) is 17.4. The lowest BCUT2D eigenvalue weighted by atomic mass is 9.88. The van der Waals surface area contributed by atoms with Crippen LogP contribution in [0.5, 0.6) is 0 Å². The molecular formula is C44H40F6N4O9. The molecule has 13 nitrogen and oxygen atoms in total. The Morgan fingerprint density at radius 3 is 1.32 bits per heavy atom. The first kappa shape index (κ1) is 45.1. The molecule has 19 heteroatoms. The molecule has 2 aliphatic rings. The predicted octanol–water partition coefficient (Wildman–Crippen LogP) is 4.71. The third-order valence-corrected chi connectivity index (χ3v) is 11.9. The summed E-state index contributed by atoms with van der Waals surface area (Å²) >= 11 is 0. The number of carbonyl (C=O) groups is 1. The maximum Gasteiger partial charge on any atom is 0.425 e. The van der Waals surface area contributed by atoms with Crippen LogP contribution in [0.25, 0.3) is 44.5 Å². The van der Waals surface area contributed by atoms with Gasteiger partial charge in [0, 0.05) is 45.8 Å². The van der Waals surface area contributed by atoms with E-state index in [9.17, 15) is 72.0 Å². The molecule has 0 radical (unpaired) electrons. The second-order valence-electron chi connectivity index (χ2n) is 15.7. The van der Waals surface area contributed by atoms with Gasteiger partial charge in [-0.25, -0.2) is 9.48 Å². The number of aliphatic hydroxyl groups excluding tert-OH is 5. The zero-order valence-corrected chi connectivity index (χ0v) is 33.3. The number of hydrogen-bond acceptors (Lipinski definition) is 10. The van der Waals surface area contributed by atoms with Gasteiger partial charge < -0.3 is 40.9 Å². The fourth-order valence-electron chi connectivity index (χ4n) is 8.33. The van der Waals surface area contributed by atoms with E-state index in [1.807, 2.05) is 0 Å². The second kappa shape index (κ2) is 15.7. The molecular weight excluding hydrogens is 842 g/mol. The van der Waals surface area contributed by atoms with Gasteiger partial charge in [0.05, 0.1) is 45.4 Å². The van der Waals surface area contributed by atoms with Gasteiger partial charge >= 0.3 is 18.3 Å². The molecule has 0 spiro atoms. The van der Waals surface area contributed by atoms with Crippen LogP contribution in [0, 0.1) is 13.8 Å². The molecule has 63 heavy (non-hydrogen) atoms. The van der Waals surface area contributed by atoms with Gasteiger partial charge in [-0.05, 0) is 47.2 Å². The Labute approximate surface area is 354 Å². The number of carboxylic acids is 1. The summed E-state index contributed by atoms with van der Waals surface area (Å²) in [5, 5.41) is 87.6. The first-order chi connectivity index (χ1) is 29.6. The fraction of sp³-hybridized carbons (Fsp3) is 0.295. The van der Waals surface area contributed by atoms with E-state index in [0.29, 0.717) is 27.8 Å². The molecule has 0 saturated heterocycles. The number of halogens is 6. The Bertz CT molecular complexity index is 2710. The summed E-state index contributed by atoms with van der Waals surface area (Å²) in [6.45, 7) is -0.480. The summed E-state index contributed by atoms with van der Waals surface area (Å²) in [5.41, 5.74) is -7.91. The van der Waals surface area contributed by atoms with E-state index in [1.165, 1.54) is 78.0 Å². The highest BCUT2D eigenvalue weighted by Crippen LogP contribution is 2.59. The van der Waals surface area contributed by atoms with E-state index in [-0.39, 0.29) is 50.1 Å². The van der Waals surface area contributed by atoms with Crippen molar-refractivity contribution in [2.45, 2.75) is 48.5 Å². The number of alkyl halides is 6. The average molecular weight is 883 g/mol. The van der Waals surface area contributed by atoms with Gasteiger partial charge in [0.2, 0.25) is 16.7 Å². The molecule has 8 N–H and O–H groups in total. The molecule has 2 unspecified atom stereocenters. The van der Waals surface area contributed by atoms with E-state index < -0.39 is 73.6 Å². The number of aliphatic hydroxyl groups is 7. The molecule has 0 amide bonds. The number of hydrogen-bond donors (Lipinski definition) is 8. The van der Waals surface area contributed by atoms with Crippen LogP contribution in [-0.2, 0) is 27.1 Å². The topological polar surface area (TPSA) is 215 Å². The molecule has 2 aliphatic carbocycles. The maximum atomic E-state index is 14.1. The zero-order valence-electron chi connectivity index (χ0n) is 33.3. The summed E-state index contributed by atoms with van der Waals surface area (Å²) in [4.78, 5) is 11.7. The fourth-order valence-corrected chi connectivity index (χ4v) is 8.33. The minimum absolute atomic E-state index is 0.152. The number of aliphatic carboxylic acids is 1. The Hall–Kier alpha value is -5.93. The molecule has 2 aromatic heterocycles. The lowest BCUT2D eigenvalue weighted by Gasteiger charge is -2.28. The van der Waals surface area contributed by atoms with Crippen LogP contribution in [0.3, 0.4) is 0 Å². The highest BCUT2D eigenvalue weighted by Gasteiger charge is 2.62.